The van der Waals surface area contributed by atoms with E-state index in [-0.39, 0.29) is 0 Å². The molecular weight excluding hydrogens is 269 g/mol. The first-order valence-corrected chi connectivity index (χ1v) is 5.65. The van der Waals surface area contributed by atoms with E-state index in [0.717, 1.165) is 0 Å². The highest BCUT2D eigenvalue weighted by atomic mass is 35.5. The molecule has 1 atom stereocenters. The van der Waals surface area contributed by atoms with Gasteiger partial charge in [0.05, 0.1) is 26.0 Å². The zero-order valence-electron chi connectivity index (χ0n) is 10.3. The first-order valence-electron chi connectivity index (χ1n) is 5.22. The van der Waals surface area contributed by atoms with E-state index >= 15 is 0 Å². The summed E-state index contributed by atoms with van der Waals surface area (Å²) < 4.78 is 47.0. The fourth-order valence-corrected chi connectivity index (χ4v) is 2.06. The molecule has 0 saturated carbocycles. The topological polar surface area (TPSA) is 18.5 Å². The van der Waals surface area contributed by atoms with Gasteiger partial charge in [-0.05, 0) is 30.2 Å². The van der Waals surface area contributed by atoms with Gasteiger partial charge in [0.1, 0.15) is 0 Å². The number of methoxy groups -OCH3 is 2. The molecule has 2 nitrogen and oxygen atoms in total. The molecule has 0 amide bonds. The number of alkyl halides is 4. The fourth-order valence-electron chi connectivity index (χ4n) is 1.65. The van der Waals surface area contributed by atoms with Crippen molar-refractivity contribution in [3.05, 3.63) is 23.3 Å². The third-order valence-corrected chi connectivity index (χ3v) is 2.91. The molecule has 1 aromatic rings. The van der Waals surface area contributed by atoms with Gasteiger partial charge in [-0.3, -0.25) is 0 Å². The number of ether oxygens (including phenoxy) is 2. The highest BCUT2D eigenvalue weighted by Gasteiger charge is 2.32. The normalized spacial score (nSPS) is 13.3. The minimum atomic E-state index is -4.30. The number of halogens is 4. The van der Waals surface area contributed by atoms with Crippen LogP contribution in [0.1, 0.15) is 22.9 Å². The van der Waals surface area contributed by atoms with Gasteiger partial charge < -0.3 is 9.47 Å². The van der Waals surface area contributed by atoms with Crippen molar-refractivity contribution in [2.24, 2.45) is 0 Å². The van der Waals surface area contributed by atoms with Gasteiger partial charge in [0.15, 0.2) is 11.5 Å². The molecule has 0 radical (unpaired) electrons. The first-order chi connectivity index (χ1) is 8.28. The Balaban J connectivity index is 3.09. The predicted octanol–water partition coefficient (Wildman–Crippen LogP) is 4.24. The Bertz CT molecular complexity index is 419. The molecule has 0 aliphatic rings. The molecule has 0 bridgehead atoms. The molecule has 0 heterocycles. The van der Waals surface area contributed by atoms with Crippen molar-refractivity contribution in [2.75, 3.05) is 14.2 Å². The van der Waals surface area contributed by atoms with Crippen molar-refractivity contribution < 1.29 is 22.6 Å². The number of benzene rings is 1. The van der Waals surface area contributed by atoms with Gasteiger partial charge in [-0.1, -0.05) is 0 Å². The van der Waals surface area contributed by atoms with Crippen LogP contribution in [0.3, 0.4) is 0 Å². The molecule has 0 aliphatic heterocycles. The lowest BCUT2D eigenvalue weighted by atomic mass is 10.0. The molecule has 1 unspecified atom stereocenters. The average Bonchev–Trinajstić information content (AvgIpc) is 2.26. The average molecular weight is 283 g/mol. The van der Waals surface area contributed by atoms with Crippen molar-refractivity contribution >= 4 is 11.6 Å². The first kappa shape index (κ1) is 15.0. The highest BCUT2D eigenvalue weighted by Crippen LogP contribution is 2.39. The maximum absolute atomic E-state index is 12.3. The lowest BCUT2D eigenvalue weighted by molar-refractivity contribution is -0.134. The van der Waals surface area contributed by atoms with E-state index < -0.39 is 18.0 Å². The van der Waals surface area contributed by atoms with Crippen LogP contribution in [0, 0.1) is 6.92 Å². The van der Waals surface area contributed by atoms with Crippen LogP contribution < -0.4 is 9.47 Å². The Morgan fingerprint density at radius 2 is 1.67 bits per heavy atom. The molecule has 1 aromatic carbocycles. The van der Waals surface area contributed by atoms with E-state index in [4.69, 9.17) is 21.1 Å². The zero-order chi connectivity index (χ0) is 13.9. The van der Waals surface area contributed by atoms with E-state index in [0.29, 0.717) is 22.6 Å². The molecule has 1 rings (SSSR count). The lowest BCUT2D eigenvalue weighted by Crippen LogP contribution is -2.11. The van der Waals surface area contributed by atoms with E-state index in [1.165, 1.54) is 20.3 Å². The Morgan fingerprint density at radius 1 is 1.17 bits per heavy atom. The molecule has 6 heteroatoms. The molecule has 0 N–H and O–H groups in total. The summed E-state index contributed by atoms with van der Waals surface area (Å²) in [6, 6.07) is 3.09. The molecule has 0 aromatic heterocycles. The Kier molecular flexibility index (Phi) is 4.73. The molecule has 0 aliphatic carbocycles. The molecule has 18 heavy (non-hydrogen) atoms. The van der Waals surface area contributed by atoms with E-state index in [1.807, 2.05) is 0 Å². The van der Waals surface area contributed by atoms with E-state index in [1.54, 1.807) is 13.0 Å². The number of aryl methyl sites for hydroxylation is 1. The van der Waals surface area contributed by atoms with Crippen LogP contribution in [0.15, 0.2) is 12.1 Å². The summed E-state index contributed by atoms with van der Waals surface area (Å²) in [5.41, 5.74) is 1.03. The molecular formula is C12H14ClF3O2. The van der Waals surface area contributed by atoms with Crippen molar-refractivity contribution in [3.63, 3.8) is 0 Å². The van der Waals surface area contributed by atoms with E-state index in [9.17, 15) is 13.2 Å². The van der Waals surface area contributed by atoms with Crippen LogP contribution in [0.25, 0.3) is 0 Å². The summed E-state index contributed by atoms with van der Waals surface area (Å²) in [7, 11) is 2.88. The third-order valence-electron chi connectivity index (χ3n) is 2.52. The van der Waals surface area contributed by atoms with Crippen LogP contribution in [-0.2, 0) is 0 Å². The van der Waals surface area contributed by atoms with Crippen molar-refractivity contribution in [2.45, 2.75) is 24.9 Å². The minimum absolute atomic E-state index is 0.367. The SMILES string of the molecule is COc1cc(C)c(C(Cl)CC(F)(F)F)cc1OC. The van der Waals surface area contributed by atoms with Crippen LogP contribution in [0.5, 0.6) is 11.5 Å². The quantitative estimate of drug-likeness (QED) is 0.769. The highest BCUT2D eigenvalue weighted by molar-refractivity contribution is 6.21. The molecule has 0 spiro atoms. The van der Waals surface area contributed by atoms with Crippen LogP contribution in [-0.4, -0.2) is 20.4 Å². The fraction of sp³-hybridized carbons (Fsp3) is 0.500. The van der Waals surface area contributed by atoms with Crippen molar-refractivity contribution in [1.82, 2.24) is 0 Å². The summed E-state index contributed by atoms with van der Waals surface area (Å²) in [5, 5.41) is -1.13. The Labute approximate surface area is 109 Å². The van der Waals surface area contributed by atoms with Gasteiger partial charge in [0.25, 0.3) is 0 Å². The van der Waals surface area contributed by atoms with Crippen LogP contribution in [0.2, 0.25) is 0 Å². The smallest absolute Gasteiger partial charge is 0.390 e. The maximum atomic E-state index is 12.3. The summed E-state index contributed by atoms with van der Waals surface area (Å²) in [5.74, 6) is 0.834. The van der Waals surface area contributed by atoms with Crippen LogP contribution >= 0.6 is 11.6 Å². The second kappa shape index (κ2) is 5.69. The third kappa shape index (κ3) is 3.70. The number of hydrogen-bond acceptors (Lipinski definition) is 2. The Morgan fingerprint density at radius 3 is 2.11 bits per heavy atom. The second-order valence-electron chi connectivity index (χ2n) is 3.85. The summed E-state index contributed by atoms with van der Waals surface area (Å²) in [6.45, 7) is 1.68. The van der Waals surface area contributed by atoms with Crippen molar-refractivity contribution in [1.29, 1.82) is 0 Å². The summed E-state index contributed by atoms with van der Waals surface area (Å²) in [6.07, 6.45) is -5.38. The Hall–Kier alpha value is -1.10. The monoisotopic (exact) mass is 282 g/mol. The standard InChI is InChI=1S/C12H14ClF3O2/c1-7-4-10(17-2)11(18-3)5-8(7)9(13)6-12(14,15)16/h4-5,9H,6H2,1-3H3. The van der Waals surface area contributed by atoms with Gasteiger partial charge in [0, 0.05) is 0 Å². The largest absolute Gasteiger partial charge is 0.493 e. The van der Waals surface area contributed by atoms with E-state index in [2.05, 4.69) is 0 Å². The van der Waals surface area contributed by atoms with Gasteiger partial charge in [-0.15, -0.1) is 11.6 Å². The summed E-state index contributed by atoms with van der Waals surface area (Å²) >= 11 is 5.80. The van der Waals surface area contributed by atoms with Gasteiger partial charge >= 0.3 is 6.18 Å². The minimum Gasteiger partial charge on any atom is -0.493 e. The predicted molar refractivity (Wildman–Crippen MR) is 63.5 cm³/mol. The molecule has 0 fully saturated rings. The zero-order valence-corrected chi connectivity index (χ0v) is 11.0. The maximum Gasteiger partial charge on any atom is 0.390 e. The van der Waals surface area contributed by atoms with Crippen molar-refractivity contribution in [3.8, 4) is 11.5 Å². The second-order valence-corrected chi connectivity index (χ2v) is 4.38. The number of hydrogen-bond donors (Lipinski definition) is 0. The molecule has 102 valence electrons. The number of rotatable bonds is 4. The van der Waals surface area contributed by atoms with Gasteiger partial charge in [0.2, 0.25) is 0 Å². The van der Waals surface area contributed by atoms with Gasteiger partial charge in [-0.2, -0.15) is 13.2 Å². The summed E-state index contributed by atoms with van der Waals surface area (Å²) in [4.78, 5) is 0. The lowest BCUT2D eigenvalue weighted by Gasteiger charge is -2.17. The van der Waals surface area contributed by atoms with Gasteiger partial charge in [-0.25, -0.2) is 0 Å². The molecule has 0 saturated heterocycles. The van der Waals surface area contributed by atoms with Crippen LogP contribution in [0.4, 0.5) is 13.2 Å².